The predicted molar refractivity (Wildman–Crippen MR) is 97.5 cm³/mol. The first-order chi connectivity index (χ1) is 11.8. The van der Waals surface area contributed by atoms with Crippen molar-refractivity contribution in [3.05, 3.63) is 47.2 Å². The fourth-order valence-corrected chi connectivity index (χ4v) is 3.61. The Balaban J connectivity index is 1.53. The second kappa shape index (κ2) is 6.77. The predicted octanol–water partition coefficient (Wildman–Crippen LogP) is 2.51. The number of aromatic nitrogens is 2. The highest BCUT2D eigenvalue weighted by Crippen LogP contribution is 2.23. The van der Waals surface area contributed by atoms with Gasteiger partial charge in [0.2, 0.25) is 5.95 Å². The molecule has 1 saturated heterocycles. The van der Waals surface area contributed by atoms with Gasteiger partial charge in [-0.3, -0.25) is 0 Å². The van der Waals surface area contributed by atoms with Gasteiger partial charge in [-0.2, -0.15) is 4.98 Å². The lowest BCUT2D eigenvalue weighted by atomic mass is 10.0. The number of piperidine rings is 1. The molecule has 0 unspecified atom stereocenters. The van der Waals surface area contributed by atoms with Gasteiger partial charge in [0.25, 0.3) is 0 Å². The van der Waals surface area contributed by atoms with Gasteiger partial charge in [-0.25, -0.2) is 4.98 Å². The summed E-state index contributed by atoms with van der Waals surface area (Å²) in [6.45, 7) is 6.09. The van der Waals surface area contributed by atoms with E-state index < -0.39 is 0 Å². The standard InChI is InChI=1S/C19H25N5/c1-14-12-18(22-17-6-9-20-10-7-17)23-19(21-14)24-11-8-15-4-2-3-5-16(15)13-24/h2-5,12,17,20H,6-11,13H2,1H3,(H,21,22,23). The maximum absolute atomic E-state index is 4.81. The van der Waals surface area contributed by atoms with Crippen molar-refractivity contribution in [3.8, 4) is 0 Å². The quantitative estimate of drug-likeness (QED) is 0.909. The van der Waals surface area contributed by atoms with Crippen molar-refractivity contribution in [1.29, 1.82) is 0 Å². The van der Waals surface area contributed by atoms with Crippen LogP contribution in [0.5, 0.6) is 0 Å². The summed E-state index contributed by atoms with van der Waals surface area (Å²) < 4.78 is 0. The summed E-state index contributed by atoms with van der Waals surface area (Å²) >= 11 is 0. The molecular weight excluding hydrogens is 298 g/mol. The summed E-state index contributed by atoms with van der Waals surface area (Å²) in [5.74, 6) is 1.81. The molecule has 2 aromatic rings. The van der Waals surface area contributed by atoms with Crippen molar-refractivity contribution in [2.24, 2.45) is 0 Å². The first-order valence-electron chi connectivity index (χ1n) is 8.92. The molecule has 1 aromatic carbocycles. The van der Waals surface area contributed by atoms with Crippen LogP contribution in [-0.4, -0.2) is 35.6 Å². The first-order valence-corrected chi connectivity index (χ1v) is 8.92. The van der Waals surface area contributed by atoms with Gasteiger partial charge in [0, 0.05) is 30.9 Å². The molecule has 0 amide bonds. The maximum Gasteiger partial charge on any atom is 0.227 e. The molecule has 0 bridgehead atoms. The van der Waals surface area contributed by atoms with Gasteiger partial charge >= 0.3 is 0 Å². The van der Waals surface area contributed by atoms with E-state index in [9.17, 15) is 0 Å². The highest BCUT2D eigenvalue weighted by Gasteiger charge is 2.20. The van der Waals surface area contributed by atoms with Gasteiger partial charge < -0.3 is 15.5 Å². The van der Waals surface area contributed by atoms with E-state index in [2.05, 4.69) is 57.8 Å². The van der Waals surface area contributed by atoms with Crippen LogP contribution in [0, 0.1) is 6.92 Å². The van der Waals surface area contributed by atoms with Crippen molar-refractivity contribution in [2.45, 2.75) is 38.8 Å². The molecule has 0 aliphatic carbocycles. The molecule has 2 N–H and O–H groups in total. The van der Waals surface area contributed by atoms with Crippen LogP contribution in [0.3, 0.4) is 0 Å². The van der Waals surface area contributed by atoms with E-state index in [4.69, 9.17) is 4.98 Å². The number of nitrogens with zero attached hydrogens (tertiary/aromatic N) is 3. The van der Waals surface area contributed by atoms with E-state index >= 15 is 0 Å². The fourth-order valence-electron chi connectivity index (χ4n) is 3.61. The smallest absolute Gasteiger partial charge is 0.227 e. The number of aryl methyl sites for hydroxylation is 1. The maximum atomic E-state index is 4.81. The highest BCUT2D eigenvalue weighted by molar-refractivity contribution is 5.46. The van der Waals surface area contributed by atoms with Crippen LogP contribution < -0.4 is 15.5 Å². The van der Waals surface area contributed by atoms with Crippen molar-refractivity contribution < 1.29 is 0 Å². The van der Waals surface area contributed by atoms with Gasteiger partial charge in [-0.05, 0) is 50.4 Å². The third-order valence-corrected chi connectivity index (χ3v) is 4.95. The lowest BCUT2D eigenvalue weighted by Crippen LogP contribution is -2.36. The van der Waals surface area contributed by atoms with E-state index in [0.717, 1.165) is 62.9 Å². The molecule has 4 rings (SSSR count). The minimum Gasteiger partial charge on any atom is -0.367 e. The Kier molecular flexibility index (Phi) is 4.34. The molecule has 126 valence electrons. The fraction of sp³-hybridized carbons (Fsp3) is 0.474. The van der Waals surface area contributed by atoms with Crippen LogP contribution in [0.4, 0.5) is 11.8 Å². The Hall–Kier alpha value is -2.14. The minimum absolute atomic E-state index is 0.510. The third kappa shape index (κ3) is 3.36. The van der Waals surface area contributed by atoms with Gasteiger partial charge in [-0.1, -0.05) is 24.3 Å². The number of hydrogen-bond acceptors (Lipinski definition) is 5. The Labute approximate surface area is 143 Å². The molecule has 2 aliphatic heterocycles. The number of hydrogen-bond donors (Lipinski definition) is 2. The van der Waals surface area contributed by atoms with Crippen molar-refractivity contribution >= 4 is 11.8 Å². The molecule has 5 nitrogen and oxygen atoms in total. The molecular formula is C19H25N5. The molecule has 0 radical (unpaired) electrons. The molecule has 0 saturated carbocycles. The number of rotatable bonds is 3. The van der Waals surface area contributed by atoms with Crippen LogP contribution in [0.15, 0.2) is 30.3 Å². The Morgan fingerprint density at radius 3 is 2.75 bits per heavy atom. The second-order valence-corrected chi connectivity index (χ2v) is 6.80. The molecule has 1 aromatic heterocycles. The number of nitrogens with one attached hydrogen (secondary N) is 2. The summed E-state index contributed by atoms with van der Waals surface area (Å²) in [6.07, 6.45) is 3.36. The molecule has 3 heterocycles. The third-order valence-electron chi connectivity index (χ3n) is 4.95. The summed E-state index contributed by atoms with van der Waals surface area (Å²) in [5, 5.41) is 7.01. The first kappa shape index (κ1) is 15.4. The monoisotopic (exact) mass is 323 g/mol. The lowest BCUT2D eigenvalue weighted by molar-refractivity contribution is 0.478. The van der Waals surface area contributed by atoms with E-state index in [1.807, 2.05) is 0 Å². The van der Waals surface area contributed by atoms with Crippen molar-refractivity contribution in [1.82, 2.24) is 15.3 Å². The molecule has 5 heteroatoms. The van der Waals surface area contributed by atoms with Crippen molar-refractivity contribution in [3.63, 3.8) is 0 Å². The zero-order valence-electron chi connectivity index (χ0n) is 14.3. The number of fused-ring (bicyclic) bond motifs is 1. The van der Waals surface area contributed by atoms with Crippen LogP contribution in [0.25, 0.3) is 0 Å². The minimum atomic E-state index is 0.510. The lowest BCUT2D eigenvalue weighted by Gasteiger charge is -2.30. The summed E-state index contributed by atoms with van der Waals surface area (Å²) in [4.78, 5) is 11.8. The van der Waals surface area contributed by atoms with E-state index in [1.165, 1.54) is 11.1 Å². The Morgan fingerprint density at radius 2 is 1.92 bits per heavy atom. The van der Waals surface area contributed by atoms with Crippen LogP contribution in [0.1, 0.15) is 29.7 Å². The zero-order valence-corrected chi connectivity index (χ0v) is 14.3. The van der Waals surface area contributed by atoms with Crippen LogP contribution >= 0.6 is 0 Å². The topological polar surface area (TPSA) is 53.1 Å². The van der Waals surface area contributed by atoms with Gasteiger partial charge in [0.05, 0.1) is 0 Å². The second-order valence-electron chi connectivity index (χ2n) is 6.80. The number of anilines is 2. The summed E-state index contributed by atoms with van der Waals surface area (Å²) in [6, 6.07) is 11.3. The van der Waals surface area contributed by atoms with Crippen LogP contribution in [-0.2, 0) is 13.0 Å². The van der Waals surface area contributed by atoms with Crippen molar-refractivity contribution in [2.75, 3.05) is 29.9 Å². The van der Waals surface area contributed by atoms with E-state index in [-0.39, 0.29) is 0 Å². The Bertz CT molecular complexity index is 709. The number of benzene rings is 1. The largest absolute Gasteiger partial charge is 0.367 e. The van der Waals surface area contributed by atoms with Gasteiger partial charge in [0.15, 0.2) is 0 Å². The zero-order chi connectivity index (χ0) is 16.4. The van der Waals surface area contributed by atoms with Gasteiger partial charge in [0.1, 0.15) is 5.82 Å². The van der Waals surface area contributed by atoms with E-state index in [0.29, 0.717) is 6.04 Å². The molecule has 0 atom stereocenters. The molecule has 2 aliphatic rings. The van der Waals surface area contributed by atoms with E-state index in [1.54, 1.807) is 0 Å². The Morgan fingerprint density at radius 1 is 1.12 bits per heavy atom. The SMILES string of the molecule is Cc1cc(NC2CCNCC2)nc(N2CCc3ccccc3C2)n1. The molecule has 1 fully saturated rings. The molecule has 0 spiro atoms. The van der Waals surface area contributed by atoms with Crippen LogP contribution in [0.2, 0.25) is 0 Å². The highest BCUT2D eigenvalue weighted by atomic mass is 15.3. The summed E-state index contributed by atoms with van der Waals surface area (Å²) in [5.41, 5.74) is 3.87. The molecule has 24 heavy (non-hydrogen) atoms. The normalized spacial score (nSPS) is 18.3. The average molecular weight is 323 g/mol. The summed E-state index contributed by atoms with van der Waals surface area (Å²) in [7, 11) is 0. The average Bonchev–Trinajstić information content (AvgIpc) is 2.62. The van der Waals surface area contributed by atoms with Gasteiger partial charge in [-0.15, -0.1) is 0 Å².